The van der Waals surface area contributed by atoms with Gasteiger partial charge in [0, 0.05) is 36.6 Å². The van der Waals surface area contributed by atoms with Crippen molar-refractivity contribution in [3.63, 3.8) is 0 Å². The van der Waals surface area contributed by atoms with E-state index in [4.69, 9.17) is 9.47 Å². The first kappa shape index (κ1) is 29.0. The summed E-state index contributed by atoms with van der Waals surface area (Å²) in [5.41, 5.74) is 1.83. The first-order valence-corrected chi connectivity index (χ1v) is 12.9. The highest BCUT2D eigenvalue weighted by atomic mass is 16.7. The van der Waals surface area contributed by atoms with Crippen molar-refractivity contribution < 1.29 is 38.2 Å². The molecule has 0 bridgehead atoms. The van der Waals surface area contributed by atoms with Crippen LogP contribution in [0.4, 0.5) is 0 Å². The SMILES string of the molecule is CC(C)(C)C(=O)OCOC(=O)c1cccc(C#CC(=O)NCc2ccc3c(c2)CN(C2CCC(=O)NC2=O)C3=O)c1. The van der Waals surface area contributed by atoms with Gasteiger partial charge in [0.25, 0.3) is 11.8 Å². The average molecular weight is 560 g/mol. The summed E-state index contributed by atoms with van der Waals surface area (Å²) in [6, 6.07) is 10.7. The largest absolute Gasteiger partial charge is 0.427 e. The number of carbonyl (C=O) groups is 6. The molecule has 212 valence electrons. The summed E-state index contributed by atoms with van der Waals surface area (Å²) in [5, 5.41) is 4.97. The van der Waals surface area contributed by atoms with Crippen molar-refractivity contribution in [1.82, 2.24) is 15.5 Å². The number of imide groups is 1. The lowest BCUT2D eigenvalue weighted by molar-refractivity contribution is -0.161. The molecule has 41 heavy (non-hydrogen) atoms. The van der Waals surface area contributed by atoms with Gasteiger partial charge in [0.05, 0.1) is 11.0 Å². The van der Waals surface area contributed by atoms with Gasteiger partial charge in [0.15, 0.2) is 0 Å². The summed E-state index contributed by atoms with van der Waals surface area (Å²) in [6.45, 7) is 4.93. The maximum Gasteiger partial charge on any atom is 0.341 e. The standard InChI is InChI=1S/C30H29N3O8/c1-30(2,3)29(39)41-17-40-28(38)20-6-4-5-18(13-20)8-11-24(34)31-15-19-7-9-22-21(14-19)16-33(27(22)37)23-10-12-25(35)32-26(23)36/h4-7,9,13-14,23H,10,12,15-17H2,1-3H3,(H,31,34)(H,32,35,36). The maximum absolute atomic E-state index is 12.8. The predicted molar refractivity (Wildman–Crippen MR) is 143 cm³/mol. The average Bonchev–Trinajstić information content (AvgIpc) is 3.25. The summed E-state index contributed by atoms with van der Waals surface area (Å²) < 4.78 is 9.92. The van der Waals surface area contributed by atoms with Crippen molar-refractivity contribution in [1.29, 1.82) is 0 Å². The topological polar surface area (TPSA) is 148 Å². The molecule has 2 aliphatic heterocycles. The Balaban J connectivity index is 1.30. The van der Waals surface area contributed by atoms with Gasteiger partial charge in [0.1, 0.15) is 6.04 Å². The number of ether oxygens (including phenoxy) is 2. The van der Waals surface area contributed by atoms with Crippen LogP contribution in [-0.4, -0.2) is 53.3 Å². The van der Waals surface area contributed by atoms with E-state index in [0.717, 1.165) is 11.1 Å². The van der Waals surface area contributed by atoms with Crippen LogP contribution in [0.3, 0.4) is 0 Å². The van der Waals surface area contributed by atoms with E-state index in [-0.39, 0.29) is 43.3 Å². The summed E-state index contributed by atoms with van der Waals surface area (Å²) in [4.78, 5) is 74.3. The van der Waals surface area contributed by atoms with Crippen molar-refractivity contribution in [3.8, 4) is 11.8 Å². The van der Waals surface area contributed by atoms with E-state index >= 15 is 0 Å². The smallest absolute Gasteiger partial charge is 0.341 e. The van der Waals surface area contributed by atoms with Crippen molar-refractivity contribution in [2.45, 2.75) is 52.7 Å². The Kier molecular flexibility index (Phi) is 8.52. The summed E-state index contributed by atoms with van der Waals surface area (Å²) in [7, 11) is 0. The van der Waals surface area contributed by atoms with E-state index < -0.39 is 42.0 Å². The third-order valence-electron chi connectivity index (χ3n) is 6.45. The molecule has 11 heteroatoms. The van der Waals surface area contributed by atoms with E-state index in [1.807, 2.05) is 0 Å². The minimum atomic E-state index is -0.721. The molecule has 2 aliphatic rings. The fraction of sp³-hybridized carbons (Fsp3) is 0.333. The zero-order chi connectivity index (χ0) is 29.7. The Hall–Kier alpha value is -4.98. The van der Waals surface area contributed by atoms with Crippen molar-refractivity contribution >= 4 is 35.6 Å². The summed E-state index contributed by atoms with van der Waals surface area (Å²) in [6.07, 6.45) is 0.459. The molecule has 0 saturated carbocycles. The Morgan fingerprint density at radius 2 is 1.85 bits per heavy atom. The molecule has 0 aromatic heterocycles. The minimum absolute atomic E-state index is 0.160. The predicted octanol–water partition coefficient (Wildman–Crippen LogP) is 1.82. The van der Waals surface area contributed by atoms with Crippen LogP contribution < -0.4 is 10.6 Å². The first-order chi connectivity index (χ1) is 19.4. The number of nitrogens with zero attached hydrogens (tertiary/aromatic N) is 1. The van der Waals surface area contributed by atoms with Gasteiger partial charge in [0.2, 0.25) is 18.6 Å². The second-order valence-corrected chi connectivity index (χ2v) is 10.6. The Labute approximate surface area is 236 Å². The Morgan fingerprint density at radius 1 is 1.07 bits per heavy atom. The highest BCUT2D eigenvalue weighted by Crippen LogP contribution is 2.28. The van der Waals surface area contributed by atoms with Gasteiger partial charge >= 0.3 is 11.9 Å². The minimum Gasteiger partial charge on any atom is -0.427 e. The zero-order valence-electron chi connectivity index (χ0n) is 22.9. The number of benzene rings is 2. The molecule has 0 aliphatic carbocycles. The maximum atomic E-state index is 12.8. The first-order valence-electron chi connectivity index (χ1n) is 12.9. The normalized spacial score (nSPS) is 16.2. The van der Waals surface area contributed by atoms with Crippen LogP contribution in [0.15, 0.2) is 42.5 Å². The Morgan fingerprint density at radius 3 is 2.59 bits per heavy atom. The van der Waals surface area contributed by atoms with Crippen LogP contribution in [0.2, 0.25) is 0 Å². The highest BCUT2D eigenvalue weighted by molar-refractivity contribution is 6.05. The van der Waals surface area contributed by atoms with Gasteiger partial charge < -0.3 is 19.7 Å². The molecule has 2 aromatic carbocycles. The quantitative estimate of drug-likeness (QED) is 0.236. The molecule has 1 saturated heterocycles. The highest BCUT2D eigenvalue weighted by Gasteiger charge is 2.39. The third kappa shape index (κ3) is 7.16. The number of hydrogen-bond acceptors (Lipinski definition) is 8. The van der Waals surface area contributed by atoms with Crippen LogP contribution in [0, 0.1) is 17.3 Å². The van der Waals surface area contributed by atoms with E-state index in [2.05, 4.69) is 22.5 Å². The van der Waals surface area contributed by atoms with Crippen LogP contribution in [0.25, 0.3) is 0 Å². The van der Waals surface area contributed by atoms with Gasteiger partial charge in [-0.3, -0.25) is 29.3 Å². The molecule has 2 aromatic rings. The van der Waals surface area contributed by atoms with Gasteiger partial charge in [-0.25, -0.2) is 4.79 Å². The molecule has 4 amide bonds. The molecule has 1 fully saturated rings. The number of nitrogens with one attached hydrogen (secondary N) is 2. The molecule has 1 unspecified atom stereocenters. The molecule has 1 atom stereocenters. The molecule has 2 heterocycles. The van der Waals surface area contributed by atoms with Gasteiger partial charge in [-0.15, -0.1) is 0 Å². The number of rotatable bonds is 6. The van der Waals surface area contributed by atoms with E-state index in [1.54, 1.807) is 51.1 Å². The number of carbonyl (C=O) groups excluding carboxylic acids is 6. The molecular formula is C30H29N3O8. The van der Waals surface area contributed by atoms with Gasteiger partial charge in [-0.1, -0.05) is 24.1 Å². The number of fused-ring (bicyclic) bond motifs is 1. The molecule has 0 radical (unpaired) electrons. The molecule has 0 spiro atoms. The summed E-state index contributed by atoms with van der Waals surface area (Å²) >= 11 is 0. The zero-order valence-corrected chi connectivity index (χ0v) is 22.9. The number of amides is 4. The molecule has 11 nitrogen and oxygen atoms in total. The lowest BCUT2D eigenvalue weighted by atomic mass is 9.98. The molecule has 4 rings (SSSR count). The second-order valence-electron chi connectivity index (χ2n) is 10.6. The van der Waals surface area contributed by atoms with E-state index in [0.29, 0.717) is 11.1 Å². The fourth-order valence-electron chi connectivity index (χ4n) is 4.25. The monoisotopic (exact) mass is 559 g/mol. The van der Waals surface area contributed by atoms with Crippen LogP contribution >= 0.6 is 0 Å². The van der Waals surface area contributed by atoms with E-state index in [9.17, 15) is 28.8 Å². The van der Waals surface area contributed by atoms with Gasteiger partial charge in [-0.05, 0) is 62.6 Å². The second kappa shape index (κ2) is 12.0. The molecular weight excluding hydrogens is 530 g/mol. The number of piperidine rings is 1. The lowest BCUT2D eigenvalue weighted by Gasteiger charge is -2.29. The summed E-state index contributed by atoms with van der Waals surface area (Å²) in [5.74, 6) is 2.33. The van der Waals surface area contributed by atoms with Crippen LogP contribution in [-0.2, 0) is 41.7 Å². The van der Waals surface area contributed by atoms with E-state index in [1.165, 1.54) is 17.0 Å². The van der Waals surface area contributed by atoms with Crippen molar-refractivity contribution in [2.75, 3.05) is 6.79 Å². The number of hydrogen-bond donors (Lipinski definition) is 2. The van der Waals surface area contributed by atoms with Crippen LogP contribution in [0.1, 0.15) is 71.0 Å². The number of esters is 2. The van der Waals surface area contributed by atoms with Crippen molar-refractivity contribution in [2.24, 2.45) is 5.41 Å². The third-order valence-corrected chi connectivity index (χ3v) is 6.45. The Bertz CT molecular complexity index is 1500. The van der Waals surface area contributed by atoms with Gasteiger partial charge in [-0.2, -0.15) is 0 Å². The lowest BCUT2D eigenvalue weighted by Crippen LogP contribution is -2.52. The molecule has 2 N–H and O–H groups in total. The fourth-order valence-corrected chi connectivity index (χ4v) is 4.25. The van der Waals surface area contributed by atoms with Crippen LogP contribution in [0.5, 0.6) is 0 Å². The van der Waals surface area contributed by atoms with Crippen molar-refractivity contribution in [3.05, 3.63) is 70.3 Å².